The molecule has 0 unspecified atom stereocenters. The van der Waals surface area contributed by atoms with E-state index in [-0.39, 0.29) is 12.3 Å². The zero-order chi connectivity index (χ0) is 22.3. The van der Waals surface area contributed by atoms with Crippen molar-refractivity contribution < 1.29 is 9.53 Å². The fourth-order valence-electron chi connectivity index (χ4n) is 3.21. The smallest absolute Gasteiger partial charge is 0.222 e. The second kappa shape index (κ2) is 10.0. The molecule has 0 spiro atoms. The average Bonchev–Trinajstić information content (AvgIpc) is 3.48. The van der Waals surface area contributed by atoms with Crippen LogP contribution in [-0.4, -0.2) is 42.0 Å². The number of nitrogens with one attached hydrogen (secondary N) is 2. The number of nitrogens with zero attached hydrogens (tertiary/aromatic N) is 5. The van der Waals surface area contributed by atoms with Gasteiger partial charge in [-0.25, -0.2) is 9.67 Å². The van der Waals surface area contributed by atoms with Crippen molar-refractivity contribution >= 4 is 18.1 Å². The first kappa shape index (κ1) is 21.4. The summed E-state index contributed by atoms with van der Waals surface area (Å²) < 4.78 is 9.46. The largest absolute Gasteiger partial charge is 0.494 e. The van der Waals surface area contributed by atoms with Crippen LogP contribution in [0.3, 0.4) is 0 Å². The Balaban J connectivity index is 1.36. The second-order valence-corrected chi connectivity index (χ2v) is 7.35. The van der Waals surface area contributed by atoms with Gasteiger partial charge in [0.2, 0.25) is 5.91 Å². The molecule has 10 heteroatoms. The third kappa shape index (κ3) is 5.09. The van der Waals surface area contributed by atoms with Crippen LogP contribution < -0.4 is 10.1 Å². The van der Waals surface area contributed by atoms with Crippen molar-refractivity contribution in [2.75, 3.05) is 6.61 Å². The molecule has 0 atom stereocenters. The number of ether oxygens (including phenoxy) is 1. The lowest BCUT2D eigenvalue weighted by atomic mass is 10.2. The minimum Gasteiger partial charge on any atom is -0.494 e. The summed E-state index contributed by atoms with van der Waals surface area (Å²) in [6.07, 6.45) is 5.49. The highest BCUT2D eigenvalue weighted by molar-refractivity contribution is 7.71. The SMILES string of the molecule is CCOc1ccc(-c2n[nH]c(=S)n2CCC(=O)NCc2ccnc(-n3cccn3)c2)cc1. The molecule has 32 heavy (non-hydrogen) atoms. The van der Waals surface area contributed by atoms with Crippen molar-refractivity contribution in [3.05, 3.63) is 71.4 Å². The molecule has 4 aromatic rings. The van der Waals surface area contributed by atoms with Crippen molar-refractivity contribution in [3.8, 4) is 23.0 Å². The highest BCUT2D eigenvalue weighted by Gasteiger charge is 2.11. The van der Waals surface area contributed by atoms with E-state index >= 15 is 0 Å². The first-order chi connectivity index (χ1) is 15.6. The second-order valence-electron chi connectivity index (χ2n) is 6.96. The Kier molecular flexibility index (Phi) is 6.71. The van der Waals surface area contributed by atoms with E-state index in [1.807, 2.05) is 60.2 Å². The molecule has 0 aliphatic heterocycles. The highest BCUT2D eigenvalue weighted by Crippen LogP contribution is 2.21. The van der Waals surface area contributed by atoms with E-state index in [1.54, 1.807) is 17.1 Å². The molecule has 3 aromatic heterocycles. The Labute approximate surface area is 190 Å². The van der Waals surface area contributed by atoms with E-state index in [0.717, 1.165) is 16.9 Å². The van der Waals surface area contributed by atoms with Gasteiger partial charge >= 0.3 is 0 Å². The minimum absolute atomic E-state index is 0.0804. The van der Waals surface area contributed by atoms with Crippen molar-refractivity contribution in [3.63, 3.8) is 0 Å². The minimum atomic E-state index is -0.0804. The molecule has 0 fully saturated rings. The van der Waals surface area contributed by atoms with Crippen LogP contribution in [0, 0.1) is 4.77 Å². The third-order valence-corrected chi connectivity index (χ3v) is 5.09. The lowest BCUT2D eigenvalue weighted by Gasteiger charge is -2.09. The molecular formula is C22H23N7O2S. The summed E-state index contributed by atoms with van der Waals surface area (Å²) in [4.78, 5) is 16.8. The summed E-state index contributed by atoms with van der Waals surface area (Å²) in [6, 6.07) is 13.2. The van der Waals surface area contributed by atoms with Gasteiger partial charge in [-0.1, -0.05) is 0 Å². The number of hydrogen-bond donors (Lipinski definition) is 2. The molecule has 0 aliphatic carbocycles. The van der Waals surface area contributed by atoms with E-state index in [2.05, 4.69) is 25.6 Å². The van der Waals surface area contributed by atoms with Gasteiger partial charge in [-0.3, -0.25) is 14.5 Å². The number of benzene rings is 1. The first-order valence-corrected chi connectivity index (χ1v) is 10.6. The zero-order valence-electron chi connectivity index (χ0n) is 17.6. The van der Waals surface area contributed by atoms with Gasteiger partial charge in [0.15, 0.2) is 16.4 Å². The molecular weight excluding hydrogens is 426 g/mol. The topological polar surface area (TPSA) is 103 Å². The van der Waals surface area contributed by atoms with Crippen LogP contribution in [0.1, 0.15) is 18.9 Å². The normalized spacial score (nSPS) is 10.8. The van der Waals surface area contributed by atoms with Gasteiger partial charge in [0, 0.05) is 43.7 Å². The van der Waals surface area contributed by atoms with E-state index < -0.39 is 0 Å². The van der Waals surface area contributed by atoms with Crippen molar-refractivity contribution in [2.45, 2.75) is 26.4 Å². The summed E-state index contributed by atoms with van der Waals surface area (Å²) in [5, 5.41) is 14.3. The van der Waals surface area contributed by atoms with Crippen LogP contribution >= 0.6 is 12.2 Å². The monoisotopic (exact) mass is 449 g/mol. The Morgan fingerprint density at radius 2 is 2.06 bits per heavy atom. The number of rotatable bonds is 9. The Morgan fingerprint density at radius 3 is 2.81 bits per heavy atom. The van der Waals surface area contributed by atoms with Crippen LogP contribution in [0.2, 0.25) is 0 Å². The Bertz CT molecular complexity index is 1230. The average molecular weight is 450 g/mol. The van der Waals surface area contributed by atoms with E-state index in [1.165, 1.54) is 0 Å². The van der Waals surface area contributed by atoms with Gasteiger partial charge in [0.25, 0.3) is 0 Å². The molecule has 0 radical (unpaired) electrons. The summed E-state index contributed by atoms with van der Waals surface area (Å²) in [7, 11) is 0. The fourth-order valence-corrected chi connectivity index (χ4v) is 3.44. The van der Waals surface area contributed by atoms with Crippen LogP contribution in [0.25, 0.3) is 17.2 Å². The van der Waals surface area contributed by atoms with Crippen LogP contribution in [0.5, 0.6) is 5.75 Å². The number of amides is 1. The number of carbonyl (C=O) groups excluding carboxylic acids is 1. The molecule has 9 nitrogen and oxygen atoms in total. The maximum absolute atomic E-state index is 12.5. The summed E-state index contributed by atoms with van der Waals surface area (Å²) in [5.41, 5.74) is 1.83. The summed E-state index contributed by atoms with van der Waals surface area (Å²) in [5.74, 6) is 2.10. The van der Waals surface area contributed by atoms with Crippen molar-refractivity contribution in [1.29, 1.82) is 0 Å². The van der Waals surface area contributed by atoms with Gasteiger partial charge in [0.1, 0.15) is 5.75 Å². The van der Waals surface area contributed by atoms with Crippen LogP contribution in [-0.2, 0) is 17.9 Å². The lowest BCUT2D eigenvalue weighted by molar-refractivity contribution is -0.121. The lowest BCUT2D eigenvalue weighted by Crippen LogP contribution is -2.24. The summed E-state index contributed by atoms with van der Waals surface area (Å²) >= 11 is 5.36. The third-order valence-electron chi connectivity index (χ3n) is 4.78. The molecule has 164 valence electrons. The van der Waals surface area contributed by atoms with Gasteiger partial charge in [-0.2, -0.15) is 10.2 Å². The Morgan fingerprint density at radius 1 is 1.22 bits per heavy atom. The number of aromatic nitrogens is 6. The maximum Gasteiger partial charge on any atom is 0.222 e. The standard InChI is InChI=1S/C22H23N7O2S/c1-2-31-18-6-4-17(5-7-18)21-26-27-22(32)28(21)13-9-20(30)24-15-16-8-11-23-19(14-16)29-12-3-10-25-29/h3-8,10-12,14H,2,9,13,15H2,1H3,(H,24,30)(H,27,32). The maximum atomic E-state index is 12.5. The van der Waals surface area contributed by atoms with Crippen molar-refractivity contribution in [1.82, 2.24) is 34.8 Å². The molecule has 1 amide bonds. The number of hydrogen-bond acceptors (Lipinski definition) is 6. The van der Waals surface area contributed by atoms with Gasteiger partial charge < -0.3 is 10.1 Å². The fraction of sp³-hybridized carbons (Fsp3) is 0.227. The molecule has 1 aromatic carbocycles. The van der Waals surface area contributed by atoms with Crippen LogP contribution in [0.4, 0.5) is 0 Å². The molecule has 0 saturated carbocycles. The quantitative estimate of drug-likeness (QED) is 0.380. The molecule has 4 rings (SSSR count). The molecule has 0 saturated heterocycles. The van der Waals surface area contributed by atoms with Crippen LogP contribution in [0.15, 0.2) is 61.1 Å². The first-order valence-electron chi connectivity index (χ1n) is 10.2. The van der Waals surface area contributed by atoms with Crippen molar-refractivity contribution in [2.24, 2.45) is 0 Å². The van der Waals surface area contributed by atoms with Gasteiger partial charge in [-0.05, 0) is 67.2 Å². The number of aromatic amines is 1. The number of pyridine rings is 1. The predicted octanol–water partition coefficient (Wildman–Crippen LogP) is 3.29. The highest BCUT2D eigenvalue weighted by atomic mass is 32.1. The van der Waals surface area contributed by atoms with Gasteiger partial charge in [0.05, 0.1) is 6.61 Å². The van der Waals surface area contributed by atoms with E-state index in [9.17, 15) is 4.79 Å². The predicted molar refractivity (Wildman–Crippen MR) is 122 cm³/mol. The number of H-pyrrole nitrogens is 1. The van der Waals surface area contributed by atoms with Gasteiger partial charge in [-0.15, -0.1) is 0 Å². The number of carbonyl (C=O) groups is 1. The van der Waals surface area contributed by atoms with E-state index in [0.29, 0.717) is 36.1 Å². The van der Waals surface area contributed by atoms with E-state index in [4.69, 9.17) is 17.0 Å². The Hall–Kier alpha value is -3.79. The summed E-state index contributed by atoms with van der Waals surface area (Å²) in [6.45, 7) is 3.37. The molecule has 0 bridgehead atoms. The molecule has 2 N–H and O–H groups in total. The zero-order valence-corrected chi connectivity index (χ0v) is 18.4. The molecule has 3 heterocycles. The molecule has 0 aliphatic rings.